The lowest BCUT2D eigenvalue weighted by Crippen LogP contribution is -2.30. The summed E-state index contributed by atoms with van der Waals surface area (Å²) in [7, 11) is 2.00. The molecule has 7 nitrogen and oxygen atoms in total. The van der Waals surface area contributed by atoms with Gasteiger partial charge in [0.05, 0.1) is 12.4 Å². The lowest BCUT2D eigenvalue weighted by atomic mass is 10.0. The number of oxazole rings is 1. The van der Waals surface area contributed by atoms with Crippen LogP contribution in [0.1, 0.15) is 29.5 Å². The predicted molar refractivity (Wildman–Crippen MR) is 89.2 cm³/mol. The average molecular weight is 326 g/mol. The van der Waals surface area contributed by atoms with E-state index in [2.05, 4.69) is 33.2 Å². The van der Waals surface area contributed by atoms with Crippen LogP contribution < -0.4 is 0 Å². The van der Waals surface area contributed by atoms with Crippen LogP contribution in [0.4, 0.5) is 0 Å². The summed E-state index contributed by atoms with van der Waals surface area (Å²) in [6.07, 6.45) is 6.81. The summed E-state index contributed by atoms with van der Waals surface area (Å²) in [5.41, 5.74) is 4.63. The van der Waals surface area contributed by atoms with E-state index in [1.165, 1.54) is 16.8 Å². The maximum atomic E-state index is 5.70. The number of aromatic nitrogens is 5. The van der Waals surface area contributed by atoms with Gasteiger partial charge in [0.1, 0.15) is 5.76 Å². The van der Waals surface area contributed by atoms with Gasteiger partial charge in [-0.25, -0.2) is 4.98 Å². The van der Waals surface area contributed by atoms with Gasteiger partial charge < -0.3 is 4.42 Å². The van der Waals surface area contributed by atoms with Crippen molar-refractivity contribution in [1.29, 1.82) is 0 Å². The molecule has 7 heteroatoms. The van der Waals surface area contributed by atoms with Crippen molar-refractivity contribution in [1.82, 2.24) is 29.4 Å². The molecule has 0 aliphatic carbocycles. The number of rotatable bonds is 4. The number of aryl methyl sites for hydroxylation is 3. The second kappa shape index (κ2) is 5.90. The van der Waals surface area contributed by atoms with Crippen LogP contribution in [-0.4, -0.2) is 36.0 Å². The van der Waals surface area contributed by atoms with Crippen molar-refractivity contribution in [3.8, 4) is 11.6 Å². The summed E-state index contributed by atoms with van der Waals surface area (Å²) in [5.74, 6) is 1.43. The van der Waals surface area contributed by atoms with E-state index >= 15 is 0 Å². The third kappa shape index (κ3) is 2.65. The summed E-state index contributed by atoms with van der Waals surface area (Å²) in [4.78, 5) is 6.79. The number of nitrogens with zero attached hydrogens (tertiary/aromatic N) is 6. The Balaban J connectivity index is 1.59. The van der Waals surface area contributed by atoms with Gasteiger partial charge in [-0.2, -0.15) is 10.2 Å². The first-order valence-electron chi connectivity index (χ1n) is 8.35. The van der Waals surface area contributed by atoms with Crippen molar-refractivity contribution in [2.45, 2.75) is 39.9 Å². The van der Waals surface area contributed by atoms with Crippen molar-refractivity contribution in [3.63, 3.8) is 0 Å². The molecule has 0 bridgehead atoms. The van der Waals surface area contributed by atoms with Gasteiger partial charge in [0.2, 0.25) is 5.89 Å². The molecule has 0 unspecified atom stereocenters. The van der Waals surface area contributed by atoms with E-state index in [9.17, 15) is 0 Å². The molecule has 24 heavy (non-hydrogen) atoms. The Labute approximate surface area is 140 Å². The summed E-state index contributed by atoms with van der Waals surface area (Å²) >= 11 is 0. The van der Waals surface area contributed by atoms with Gasteiger partial charge in [-0.3, -0.25) is 14.3 Å². The van der Waals surface area contributed by atoms with E-state index in [0.29, 0.717) is 5.89 Å². The molecule has 1 aliphatic heterocycles. The monoisotopic (exact) mass is 326 g/mol. The lowest BCUT2D eigenvalue weighted by molar-refractivity contribution is 0.243. The van der Waals surface area contributed by atoms with Crippen LogP contribution in [0.25, 0.3) is 11.6 Å². The Morgan fingerprint density at radius 2 is 2.17 bits per heavy atom. The third-order valence-corrected chi connectivity index (χ3v) is 4.56. The molecule has 0 aromatic carbocycles. The van der Waals surface area contributed by atoms with Gasteiger partial charge in [-0.05, 0) is 13.8 Å². The first kappa shape index (κ1) is 15.1. The molecule has 0 saturated heterocycles. The number of hydrogen-bond acceptors (Lipinski definition) is 5. The van der Waals surface area contributed by atoms with Crippen molar-refractivity contribution < 1.29 is 4.42 Å². The van der Waals surface area contributed by atoms with Crippen LogP contribution in [0.3, 0.4) is 0 Å². The van der Waals surface area contributed by atoms with Gasteiger partial charge in [0.25, 0.3) is 0 Å². The molecule has 126 valence electrons. The molecule has 0 N–H and O–H groups in total. The van der Waals surface area contributed by atoms with Crippen LogP contribution >= 0.6 is 0 Å². The van der Waals surface area contributed by atoms with Crippen molar-refractivity contribution in [2.75, 3.05) is 6.54 Å². The minimum Gasteiger partial charge on any atom is -0.440 e. The molecule has 0 atom stereocenters. The Morgan fingerprint density at radius 3 is 2.88 bits per heavy atom. The zero-order valence-corrected chi connectivity index (χ0v) is 14.4. The standard InChI is InChI=1S/C17H22N6O/c1-4-23-10-13(8-19-23)9-22-6-5-15-14(11-22)16(20-21(15)3)17-18-7-12(2)24-17/h7-8,10H,4-6,9,11H2,1-3H3. The summed E-state index contributed by atoms with van der Waals surface area (Å²) in [6.45, 7) is 7.69. The highest BCUT2D eigenvalue weighted by Crippen LogP contribution is 2.29. The van der Waals surface area contributed by atoms with Crippen molar-refractivity contribution in [2.24, 2.45) is 7.05 Å². The molecule has 0 spiro atoms. The topological polar surface area (TPSA) is 64.9 Å². The SMILES string of the molecule is CCn1cc(CN2CCc3c(c(-c4ncc(C)o4)nn3C)C2)cn1. The zero-order chi connectivity index (χ0) is 16.7. The maximum Gasteiger partial charge on any atom is 0.247 e. The maximum absolute atomic E-state index is 5.70. The van der Waals surface area contributed by atoms with E-state index in [0.717, 1.165) is 44.1 Å². The van der Waals surface area contributed by atoms with Gasteiger partial charge >= 0.3 is 0 Å². The molecular weight excluding hydrogens is 304 g/mol. The normalized spacial score (nSPS) is 15.0. The van der Waals surface area contributed by atoms with Gasteiger partial charge in [-0.1, -0.05) is 0 Å². The Kier molecular flexibility index (Phi) is 3.72. The molecule has 1 aliphatic rings. The van der Waals surface area contributed by atoms with Crippen LogP contribution in [0, 0.1) is 6.92 Å². The molecule has 0 saturated carbocycles. The average Bonchev–Trinajstić information content (AvgIpc) is 3.27. The molecule has 4 heterocycles. The van der Waals surface area contributed by atoms with Crippen molar-refractivity contribution >= 4 is 0 Å². The smallest absolute Gasteiger partial charge is 0.247 e. The first-order chi connectivity index (χ1) is 11.6. The van der Waals surface area contributed by atoms with Crippen LogP contribution in [0.5, 0.6) is 0 Å². The lowest BCUT2D eigenvalue weighted by Gasteiger charge is -2.26. The minimum absolute atomic E-state index is 0.616. The highest BCUT2D eigenvalue weighted by Gasteiger charge is 2.26. The second-order valence-electron chi connectivity index (χ2n) is 6.34. The fourth-order valence-electron chi connectivity index (χ4n) is 3.34. The summed E-state index contributed by atoms with van der Waals surface area (Å²) < 4.78 is 9.64. The third-order valence-electron chi connectivity index (χ3n) is 4.56. The second-order valence-corrected chi connectivity index (χ2v) is 6.34. The Morgan fingerprint density at radius 1 is 1.29 bits per heavy atom. The Hall–Kier alpha value is -2.41. The zero-order valence-electron chi connectivity index (χ0n) is 14.4. The summed E-state index contributed by atoms with van der Waals surface area (Å²) in [5, 5.41) is 9.02. The molecule has 3 aromatic rings. The van der Waals surface area contributed by atoms with Crippen LogP contribution in [-0.2, 0) is 33.1 Å². The fraction of sp³-hybridized carbons (Fsp3) is 0.471. The quantitative estimate of drug-likeness (QED) is 0.735. The minimum atomic E-state index is 0.616. The summed E-state index contributed by atoms with van der Waals surface area (Å²) in [6, 6.07) is 0. The Bertz CT molecular complexity index is 858. The largest absolute Gasteiger partial charge is 0.440 e. The molecule has 0 fully saturated rings. The van der Waals surface area contributed by atoms with Gasteiger partial charge in [0.15, 0.2) is 5.69 Å². The molecule has 0 amide bonds. The molecule has 0 radical (unpaired) electrons. The van der Waals surface area contributed by atoms with E-state index < -0.39 is 0 Å². The first-order valence-corrected chi connectivity index (χ1v) is 8.35. The van der Waals surface area contributed by atoms with Gasteiger partial charge in [0, 0.05) is 62.7 Å². The molecule has 4 rings (SSSR count). The highest BCUT2D eigenvalue weighted by atomic mass is 16.4. The predicted octanol–water partition coefficient (Wildman–Crippen LogP) is 2.16. The van der Waals surface area contributed by atoms with Gasteiger partial charge in [-0.15, -0.1) is 0 Å². The van der Waals surface area contributed by atoms with Crippen molar-refractivity contribution in [3.05, 3.63) is 41.2 Å². The van der Waals surface area contributed by atoms with E-state index in [-0.39, 0.29) is 0 Å². The number of fused-ring (bicyclic) bond motifs is 1. The highest BCUT2D eigenvalue weighted by molar-refractivity contribution is 5.55. The van der Waals surface area contributed by atoms with Crippen LogP contribution in [0.2, 0.25) is 0 Å². The van der Waals surface area contributed by atoms with E-state index in [4.69, 9.17) is 4.42 Å². The van der Waals surface area contributed by atoms with E-state index in [1.54, 1.807) is 6.20 Å². The van der Waals surface area contributed by atoms with E-state index in [1.807, 2.05) is 29.5 Å². The van der Waals surface area contributed by atoms with Crippen LogP contribution in [0.15, 0.2) is 23.0 Å². The molecular formula is C17H22N6O. The number of hydrogen-bond donors (Lipinski definition) is 0. The molecule has 3 aromatic heterocycles. The fourth-order valence-corrected chi connectivity index (χ4v) is 3.34.